The lowest BCUT2D eigenvalue weighted by Gasteiger charge is -2.62. The van der Waals surface area contributed by atoms with Crippen molar-refractivity contribution in [1.82, 2.24) is 4.90 Å². The van der Waals surface area contributed by atoms with Crippen molar-refractivity contribution < 1.29 is 40.5 Å². The molecule has 0 radical (unpaired) electrons. The van der Waals surface area contributed by atoms with Crippen LogP contribution in [0.2, 0.25) is 0 Å². The molecule has 6 fully saturated rings. The quantitative estimate of drug-likeness (QED) is 0.339. The van der Waals surface area contributed by atoms with E-state index in [-0.39, 0.29) is 59.0 Å². The summed E-state index contributed by atoms with van der Waals surface area (Å²) >= 11 is 0. The Bertz CT molecular complexity index is 971. The van der Waals surface area contributed by atoms with E-state index in [9.17, 15) is 9.59 Å². The van der Waals surface area contributed by atoms with Gasteiger partial charge in [-0.1, -0.05) is 20.3 Å². The number of rotatable bonds is 4. The van der Waals surface area contributed by atoms with Gasteiger partial charge < -0.3 is 30.9 Å². The minimum atomic E-state index is -0.111. The van der Waals surface area contributed by atoms with Crippen LogP contribution in [-0.2, 0) is 19.1 Å². The van der Waals surface area contributed by atoms with E-state index in [1.54, 1.807) is 13.8 Å². The van der Waals surface area contributed by atoms with E-state index in [1.807, 2.05) is 0 Å². The van der Waals surface area contributed by atoms with E-state index in [4.69, 9.17) is 9.47 Å². The van der Waals surface area contributed by atoms with Crippen molar-refractivity contribution in [3.05, 3.63) is 0 Å². The molecule has 0 aromatic carbocycles. The number of halogens is 2. The van der Waals surface area contributed by atoms with Crippen LogP contribution in [0.25, 0.3) is 0 Å². The van der Waals surface area contributed by atoms with Gasteiger partial charge >= 0.3 is 11.9 Å². The molecule has 6 rings (SSSR count). The zero-order valence-electron chi connectivity index (χ0n) is 27.0. The fourth-order valence-electron chi connectivity index (χ4n) is 11.7. The van der Waals surface area contributed by atoms with E-state index >= 15 is 0 Å². The number of nitrogens with zero attached hydrogens (tertiary/aromatic N) is 2. The number of piperidine rings is 2. The first-order chi connectivity index (χ1) is 19.0. The molecule has 4 unspecified atom stereocenters. The molecule has 242 valence electrons. The molecule has 42 heavy (non-hydrogen) atoms. The maximum Gasteiger partial charge on any atom is 0.303 e. The zero-order chi connectivity index (χ0) is 28.3. The van der Waals surface area contributed by atoms with E-state index in [1.165, 1.54) is 90.1 Å². The molecule has 6 nitrogen and oxygen atoms in total. The van der Waals surface area contributed by atoms with Gasteiger partial charge in [-0.3, -0.25) is 14.5 Å². The van der Waals surface area contributed by atoms with Crippen LogP contribution in [0.1, 0.15) is 111 Å². The maximum atomic E-state index is 12.5. The Balaban J connectivity index is 0.00000202. The second-order valence-corrected chi connectivity index (χ2v) is 15.8. The van der Waals surface area contributed by atoms with Crippen LogP contribution >= 0.6 is 12.4 Å². The van der Waals surface area contributed by atoms with Crippen molar-refractivity contribution >= 4 is 24.3 Å². The van der Waals surface area contributed by atoms with E-state index < -0.39 is 0 Å². The molecule has 6 aliphatic rings. The zero-order valence-corrected chi connectivity index (χ0v) is 29.4. The normalized spacial score (nSPS) is 44.7. The highest BCUT2D eigenvalue weighted by atomic mass is 79.9. The average Bonchev–Trinajstić information content (AvgIpc) is 3.21. The van der Waals surface area contributed by atoms with Gasteiger partial charge in [0, 0.05) is 31.7 Å². The summed E-state index contributed by atoms with van der Waals surface area (Å²) in [6.45, 7) is 13.1. The smallest absolute Gasteiger partial charge is 0.303 e. The van der Waals surface area contributed by atoms with Gasteiger partial charge in [-0.15, -0.1) is 12.4 Å². The number of fused-ring (bicyclic) bond motifs is 5. The Kier molecular flexibility index (Phi) is 10.8. The Hall–Kier alpha value is -0.370. The van der Waals surface area contributed by atoms with E-state index in [2.05, 4.69) is 25.8 Å². The molecule has 4 aliphatic carbocycles. The minimum Gasteiger partial charge on any atom is -1.00 e. The molecule has 4 saturated carbocycles. The Morgan fingerprint density at radius 1 is 0.810 bits per heavy atom. The molecule has 0 aromatic rings. The topological polar surface area (TPSA) is 55.8 Å². The number of hydrogen-bond acceptors (Lipinski definition) is 5. The summed E-state index contributed by atoms with van der Waals surface area (Å²) in [6, 6.07) is 0.796. The number of ether oxygens (including phenoxy) is 2. The average molecular weight is 674 g/mol. The largest absolute Gasteiger partial charge is 1.00 e. The highest BCUT2D eigenvalue weighted by molar-refractivity contribution is 5.85. The highest BCUT2D eigenvalue weighted by Gasteiger charge is 2.67. The van der Waals surface area contributed by atoms with Crippen molar-refractivity contribution in [1.29, 1.82) is 0 Å². The third kappa shape index (κ3) is 5.96. The fourth-order valence-corrected chi connectivity index (χ4v) is 11.7. The second-order valence-electron chi connectivity index (χ2n) is 15.8. The number of esters is 2. The van der Waals surface area contributed by atoms with Crippen molar-refractivity contribution in [2.24, 2.45) is 34.5 Å². The third-order valence-corrected chi connectivity index (χ3v) is 13.7. The monoisotopic (exact) mass is 672 g/mol. The van der Waals surface area contributed by atoms with Gasteiger partial charge in [0.1, 0.15) is 12.1 Å². The molecular weight excluding hydrogens is 616 g/mol. The summed E-state index contributed by atoms with van der Waals surface area (Å²) in [7, 11) is 2.47. The Morgan fingerprint density at radius 2 is 1.45 bits per heavy atom. The van der Waals surface area contributed by atoms with Crippen molar-refractivity contribution in [2.45, 2.75) is 135 Å². The summed E-state index contributed by atoms with van der Waals surface area (Å²) < 4.78 is 13.5. The van der Waals surface area contributed by atoms with Gasteiger partial charge in [0.15, 0.2) is 6.10 Å². The summed E-state index contributed by atoms with van der Waals surface area (Å²) in [5, 5.41) is 0. The molecule has 0 spiro atoms. The molecule has 0 bridgehead atoms. The molecule has 2 saturated heterocycles. The molecular formula is C34H58BrClN2O4. The fraction of sp³-hybridized carbons (Fsp3) is 0.941. The number of carbonyl (C=O) groups excluding carboxylic acids is 2. The summed E-state index contributed by atoms with van der Waals surface area (Å²) in [5.74, 6) is 2.50. The summed E-state index contributed by atoms with van der Waals surface area (Å²) in [4.78, 5) is 27.4. The van der Waals surface area contributed by atoms with Crippen LogP contribution in [0.3, 0.4) is 0 Å². The van der Waals surface area contributed by atoms with E-state index in [0.717, 1.165) is 29.9 Å². The molecule has 2 heterocycles. The molecule has 10 atom stereocenters. The number of quaternary nitrogens is 1. The molecule has 0 N–H and O–H groups in total. The molecule has 2 aliphatic heterocycles. The lowest BCUT2D eigenvalue weighted by atomic mass is 9.44. The minimum absolute atomic E-state index is 0. The first kappa shape index (κ1) is 34.5. The van der Waals surface area contributed by atoms with Gasteiger partial charge in [0.05, 0.1) is 20.1 Å². The van der Waals surface area contributed by atoms with Gasteiger partial charge in [0.2, 0.25) is 0 Å². The predicted octanol–water partition coefficient (Wildman–Crippen LogP) is 3.39. The van der Waals surface area contributed by atoms with Gasteiger partial charge in [0.25, 0.3) is 0 Å². The summed E-state index contributed by atoms with van der Waals surface area (Å²) in [5.41, 5.74) is 0.377. The number of likely N-dealkylation sites (tertiary alicyclic amines) is 2. The molecule has 0 amide bonds. The lowest BCUT2D eigenvalue weighted by molar-refractivity contribution is -0.940. The number of carbonyl (C=O) groups is 2. The summed E-state index contributed by atoms with van der Waals surface area (Å²) in [6.07, 6.45) is 16.3. The molecule has 0 aromatic heterocycles. The van der Waals surface area contributed by atoms with Crippen molar-refractivity contribution in [3.8, 4) is 0 Å². The molecule has 8 heteroatoms. The Labute approximate surface area is 272 Å². The number of likely N-dealkylation sites (N-methyl/N-ethyl adjacent to an activating group) is 1. The second kappa shape index (κ2) is 13.2. The standard InChI is InChI=1S/C34H57N2O4.BrH.ClH/c1-23(37)39-31-20-25-12-13-26-27(34(25,4)22-29(31)35-16-8-6-9-17-35)14-15-33(3)28(26)21-30(32(33)40-24(2)38)36(5)18-10-7-11-19-36;;/h25-32H,6-22H2,1-5H3;2*1H/q+1;;/p-1/t25?,26?,27?,28?,29-,30-,31-,32-,33-,34-;;/m0../s1. The van der Waals surface area contributed by atoms with Crippen LogP contribution in [0, 0.1) is 34.5 Å². The first-order valence-electron chi connectivity index (χ1n) is 17.0. The lowest BCUT2D eigenvalue weighted by Crippen LogP contribution is -3.00. The van der Waals surface area contributed by atoms with Crippen LogP contribution in [0.4, 0.5) is 0 Å². The SMILES string of the molecule is CC(=O)O[C@H]1CC2CCC3C(CC[C@@]4(C)C3C[C@H]([N+]3(C)CCCCC3)[C@@H]4OC(C)=O)[C@@]2(C)C[C@@H]1N1CCCCC1.Cl.[Br-]. The first-order valence-corrected chi connectivity index (χ1v) is 17.0. The van der Waals surface area contributed by atoms with Crippen molar-refractivity contribution in [2.75, 3.05) is 33.2 Å². The highest BCUT2D eigenvalue weighted by Crippen LogP contribution is 2.67. The van der Waals surface area contributed by atoms with Crippen LogP contribution in [0.15, 0.2) is 0 Å². The Morgan fingerprint density at radius 3 is 2.10 bits per heavy atom. The maximum absolute atomic E-state index is 12.5. The van der Waals surface area contributed by atoms with E-state index in [0.29, 0.717) is 35.3 Å². The van der Waals surface area contributed by atoms with Crippen LogP contribution < -0.4 is 17.0 Å². The van der Waals surface area contributed by atoms with Crippen LogP contribution in [0.5, 0.6) is 0 Å². The van der Waals surface area contributed by atoms with Gasteiger partial charge in [-0.05, 0) is 113 Å². The predicted molar refractivity (Wildman–Crippen MR) is 164 cm³/mol. The van der Waals surface area contributed by atoms with Crippen molar-refractivity contribution in [3.63, 3.8) is 0 Å². The van der Waals surface area contributed by atoms with Crippen LogP contribution in [-0.4, -0.2) is 78.8 Å². The van der Waals surface area contributed by atoms with Gasteiger partial charge in [-0.25, -0.2) is 0 Å². The van der Waals surface area contributed by atoms with Gasteiger partial charge in [-0.2, -0.15) is 0 Å². The number of hydrogen-bond donors (Lipinski definition) is 0. The third-order valence-electron chi connectivity index (χ3n) is 13.7.